The van der Waals surface area contributed by atoms with Gasteiger partial charge in [0.25, 0.3) is 5.91 Å². The SMILES string of the molecule is CCN(C)C(=O)c1cc(-c2cnc3n[nH]c(-c4ccccc4OC)c3c2)ccc1N. The lowest BCUT2D eigenvalue weighted by Crippen LogP contribution is -2.27. The highest BCUT2D eigenvalue weighted by Gasteiger charge is 2.17. The Labute approximate surface area is 174 Å². The molecule has 4 rings (SSSR count). The van der Waals surface area contributed by atoms with Gasteiger partial charge < -0.3 is 15.4 Å². The van der Waals surface area contributed by atoms with E-state index in [2.05, 4.69) is 15.2 Å². The third-order valence-corrected chi connectivity index (χ3v) is 5.22. The quantitative estimate of drug-likeness (QED) is 0.493. The van der Waals surface area contributed by atoms with E-state index in [0.29, 0.717) is 23.4 Å². The molecule has 0 bridgehead atoms. The molecule has 0 saturated carbocycles. The predicted molar refractivity (Wildman–Crippen MR) is 118 cm³/mol. The van der Waals surface area contributed by atoms with Crippen LogP contribution in [-0.2, 0) is 0 Å². The summed E-state index contributed by atoms with van der Waals surface area (Å²) in [6, 6.07) is 15.2. The second-order valence-electron chi connectivity index (χ2n) is 7.02. The van der Waals surface area contributed by atoms with E-state index in [-0.39, 0.29) is 5.91 Å². The highest BCUT2D eigenvalue weighted by atomic mass is 16.5. The van der Waals surface area contributed by atoms with Crippen molar-refractivity contribution in [3.8, 4) is 28.1 Å². The molecule has 7 heteroatoms. The van der Waals surface area contributed by atoms with Crippen LogP contribution in [0.25, 0.3) is 33.4 Å². The van der Waals surface area contributed by atoms with Gasteiger partial charge in [0, 0.05) is 42.0 Å². The summed E-state index contributed by atoms with van der Waals surface area (Å²) in [6.07, 6.45) is 1.75. The standard InChI is InChI=1S/C23H23N5O2/c1-4-28(2)23(29)17-11-14(9-10-19(17)24)15-12-18-21(26-27-22(18)25-13-15)16-7-5-6-8-20(16)30-3/h5-13H,4,24H2,1-3H3,(H,25,26,27). The Balaban J connectivity index is 1.82. The van der Waals surface area contributed by atoms with Crippen molar-refractivity contribution in [2.75, 3.05) is 26.4 Å². The Kier molecular flexibility index (Phi) is 5.10. The zero-order valence-electron chi connectivity index (χ0n) is 17.1. The number of aromatic nitrogens is 3. The number of carbonyl (C=O) groups excluding carboxylic acids is 1. The molecule has 1 amide bonds. The first-order valence-electron chi connectivity index (χ1n) is 9.66. The van der Waals surface area contributed by atoms with Crippen molar-refractivity contribution in [1.82, 2.24) is 20.1 Å². The highest BCUT2D eigenvalue weighted by molar-refractivity contribution is 6.01. The smallest absolute Gasteiger partial charge is 0.255 e. The third kappa shape index (κ3) is 3.34. The Morgan fingerprint density at radius 1 is 1.17 bits per heavy atom. The minimum atomic E-state index is -0.107. The number of aromatic amines is 1. The van der Waals surface area contributed by atoms with Gasteiger partial charge in [-0.15, -0.1) is 0 Å². The fourth-order valence-corrected chi connectivity index (χ4v) is 3.38. The van der Waals surface area contributed by atoms with E-state index in [1.54, 1.807) is 31.3 Å². The van der Waals surface area contributed by atoms with Crippen LogP contribution in [0.3, 0.4) is 0 Å². The van der Waals surface area contributed by atoms with Crippen LogP contribution in [0, 0.1) is 0 Å². The summed E-state index contributed by atoms with van der Waals surface area (Å²) < 4.78 is 5.50. The van der Waals surface area contributed by atoms with Crippen LogP contribution in [-0.4, -0.2) is 46.7 Å². The first-order chi connectivity index (χ1) is 14.5. The van der Waals surface area contributed by atoms with Crippen molar-refractivity contribution >= 4 is 22.6 Å². The number of methoxy groups -OCH3 is 1. The molecule has 0 saturated heterocycles. The second kappa shape index (κ2) is 7.87. The van der Waals surface area contributed by atoms with Crippen LogP contribution < -0.4 is 10.5 Å². The van der Waals surface area contributed by atoms with Gasteiger partial charge in [0.2, 0.25) is 0 Å². The molecule has 152 valence electrons. The molecule has 0 atom stereocenters. The van der Waals surface area contributed by atoms with Crippen LogP contribution in [0.1, 0.15) is 17.3 Å². The number of nitrogens with two attached hydrogens (primary N) is 1. The van der Waals surface area contributed by atoms with E-state index in [9.17, 15) is 4.79 Å². The van der Waals surface area contributed by atoms with Gasteiger partial charge >= 0.3 is 0 Å². The lowest BCUT2D eigenvalue weighted by Gasteiger charge is -2.16. The zero-order chi connectivity index (χ0) is 21.3. The first kappa shape index (κ1) is 19.4. The molecule has 2 aromatic carbocycles. The Morgan fingerprint density at radius 2 is 1.97 bits per heavy atom. The molecule has 0 radical (unpaired) electrons. The molecule has 4 aromatic rings. The van der Waals surface area contributed by atoms with Crippen molar-refractivity contribution in [1.29, 1.82) is 0 Å². The summed E-state index contributed by atoms with van der Waals surface area (Å²) >= 11 is 0. The predicted octanol–water partition coefficient (Wildman–Crippen LogP) is 3.97. The van der Waals surface area contributed by atoms with E-state index in [1.807, 2.05) is 49.4 Å². The average molecular weight is 401 g/mol. The minimum absolute atomic E-state index is 0.107. The molecule has 30 heavy (non-hydrogen) atoms. The number of nitrogens with zero attached hydrogens (tertiary/aromatic N) is 3. The summed E-state index contributed by atoms with van der Waals surface area (Å²) in [5.41, 5.74) is 11.1. The van der Waals surface area contributed by atoms with Gasteiger partial charge in [-0.3, -0.25) is 9.89 Å². The van der Waals surface area contributed by atoms with E-state index in [4.69, 9.17) is 10.5 Å². The molecule has 0 aliphatic rings. The fourth-order valence-electron chi connectivity index (χ4n) is 3.38. The van der Waals surface area contributed by atoms with Gasteiger partial charge in [-0.2, -0.15) is 5.10 Å². The van der Waals surface area contributed by atoms with Crippen molar-refractivity contribution in [3.63, 3.8) is 0 Å². The van der Waals surface area contributed by atoms with Crippen LogP contribution >= 0.6 is 0 Å². The average Bonchev–Trinajstić information content (AvgIpc) is 3.21. The lowest BCUT2D eigenvalue weighted by atomic mass is 10.0. The van der Waals surface area contributed by atoms with Crippen molar-refractivity contribution < 1.29 is 9.53 Å². The van der Waals surface area contributed by atoms with E-state index in [1.165, 1.54) is 0 Å². The van der Waals surface area contributed by atoms with Crippen molar-refractivity contribution in [2.24, 2.45) is 0 Å². The first-order valence-corrected chi connectivity index (χ1v) is 9.66. The number of benzene rings is 2. The van der Waals surface area contributed by atoms with E-state index >= 15 is 0 Å². The van der Waals surface area contributed by atoms with Gasteiger partial charge in [-0.1, -0.05) is 18.2 Å². The molecule has 0 unspecified atom stereocenters. The molecule has 0 fully saturated rings. The van der Waals surface area contributed by atoms with E-state index in [0.717, 1.165) is 33.5 Å². The number of rotatable bonds is 5. The number of H-pyrrole nitrogens is 1. The molecule has 7 nitrogen and oxygen atoms in total. The van der Waals surface area contributed by atoms with Gasteiger partial charge in [-0.25, -0.2) is 4.98 Å². The van der Waals surface area contributed by atoms with Crippen LogP contribution in [0.15, 0.2) is 54.7 Å². The number of hydrogen-bond acceptors (Lipinski definition) is 5. The molecular formula is C23H23N5O2. The molecule has 0 aliphatic carbocycles. The largest absolute Gasteiger partial charge is 0.496 e. The number of amides is 1. The number of fused-ring (bicyclic) bond motifs is 1. The molecule has 0 aliphatic heterocycles. The summed E-state index contributed by atoms with van der Waals surface area (Å²) in [5, 5.41) is 8.27. The maximum absolute atomic E-state index is 12.7. The molecule has 2 aromatic heterocycles. The molecule has 0 spiro atoms. The summed E-state index contributed by atoms with van der Waals surface area (Å²) in [5.74, 6) is 0.639. The zero-order valence-corrected chi connectivity index (χ0v) is 17.1. The van der Waals surface area contributed by atoms with Gasteiger partial charge in [0.1, 0.15) is 5.75 Å². The van der Waals surface area contributed by atoms with Gasteiger partial charge in [-0.05, 0) is 42.8 Å². The maximum atomic E-state index is 12.7. The highest BCUT2D eigenvalue weighted by Crippen LogP contribution is 2.34. The number of nitrogens with one attached hydrogen (secondary N) is 1. The van der Waals surface area contributed by atoms with E-state index < -0.39 is 0 Å². The maximum Gasteiger partial charge on any atom is 0.255 e. The number of hydrogen-bond donors (Lipinski definition) is 2. The Hall–Kier alpha value is -3.87. The number of anilines is 1. The van der Waals surface area contributed by atoms with Crippen LogP contribution in [0.4, 0.5) is 5.69 Å². The number of pyridine rings is 1. The van der Waals surface area contributed by atoms with Crippen molar-refractivity contribution in [2.45, 2.75) is 6.92 Å². The monoisotopic (exact) mass is 401 g/mol. The summed E-state index contributed by atoms with van der Waals surface area (Å²) in [7, 11) is 3.40. The normalized spacial score (nSPS) is 10.9. The third-order valence-electron chi connectivity index (χ3n) is 5.22. The molecular weight excluding hydrogens is 378 g/mol. The fraction of sp³-hybridized carbons (Fsp3) is 0.174. The molecule has 2 heterocycles. The number of carbonyl (C=O) groups is 1. The summed E-state index contributed by atoms with van der Waals surface area (Å²) in [4.78, 5) is 18.8. The number of ether oxygens (including phenoxy) is 1. The Bertz CT molecular complexity index is 1230. The Morgan fingerprint density at radius 3 is 2.73 bits per heavy atom. The minimum Gasteiger partial charge on any atom is -0.496 e. The van der Waals surface area contributed by atoms with Gasteiger partial charge in [0.15, 0.2) is 5.65 Å². The van der Waals surface area contributed by atoms with Crippen LogP contribution in [0.2, 0.25) is 0 Å². The number of para-hydroxylation sites is 1. The summed E-state index contributed by atoms with van der Waals surface area (Å²) in [6.45, 7) is 2.53. The lowest BCUT2D eigenvalue weighted by molar-refractivity contribution is 0.0803. The molecule has 3 N–H and O–H groups in total. The number of nitrogen functional groups attached to an aromatic ring is 1. The topological polar surface area (TPSA) is 97.1 Å². The van der Waals surface area contributed by atoms with Crippen LogP contribution in [0.5, 0.6) is 5.75 Å². The second-order valence-corrected chi connectivity index (χ2v) is 7.02. The van der Waals surface area contributed by atoms with Crippen molar-refractivity contribution in [3.05, 3.63) is 60.3 Å². The van der Waals surface area contributed by atoms with Gasteiger partial charge in [0.05, 0.1) is 18.4 Å².